The molecule has 0 fully saturated rings. The van der Waals surface area contributed by atoms with Gasteiger partial charge < -0.3 is 5.11 Å². The molecule has 0 aliphatic carbocycles. The molecule has 1 N–H and O–H groups in total. The number of aryl methyl sites for hydroxylation is 1. The molecule has 2 aromatic carbocycles. The fourth-order valence-electron chi connectivity index (χ4n) is 1.93. The number of aliphatic hydroxyl groups is 1. The molecule has 5 heteroatoms. The van der Waals surface area contributed by atoms with Gasteiger partial charge >= 0.3 is 0 Å². The van der Waals surface area contributed by atoms with Gasteiger partial charge in [0.15, 0.2) is 11.6 Å². The molecule has 1 nitrogen and oxygen atoms in total. The predicted octanol–water partition coefficient (Wildman–Crippen LogP) is 4.97. The van der Waals surface area contributed by atoms with Crippen molar-refractivity contribution in [3.05, 3.63) is 68.2 Å². The van der Waals surface area contributed by atoms with E-state index in [-0.39, 0.29) is 10.9 Å². The minimum Gasteiger partial charge on any atom is -0.388 e. The second-order valence-corrected chi connectivity index (χ2v) is 5.78. The van der Waals surface area contributed by atoms with Gasteiger partial charge in [0.1, 0.15) is 0 Å². The van der Waals surface area contributed by atoms with Crippen LogP contribution >= 0.6 is 27.5 Å². The highest BCUT2D eigenvalue weighted by molar-refractivity contribution is 9.10. The first-order valence-corrected chi connectivity index (χ1v) is 7.13. The quantitative estimate of drug-likeness (QED) is 0.766. The zero-order valence-electron chi connectivity index (χ0n) is 10.6. The second kappa shape index (κ2) is 6.20. The van der Waals surface area contributed by atoms with Crippen LogP contribution in [0.4, 0.5) is 8.78 Å². The molecule has 0 bridgehead atoms. The summed E-state index contributed by atoms with van der Waals surface area (Å²) in [4.78, 5) is 0. The zero-order valence-corrected chi connectivity index (χ0v) is 13.0. The first-order valence-electron chi connectivity index (χ1n) is 5.96. The van der Waals surface area contributed by atoms with E-state index in [1.54, 1.807) is 6.07 Å². The summed E-state index contributed by atoms with van der Waals surface area (Å²) in [6.07, 6.45) is -0.748. The average molecular weight is 362 g/mol. The van der Waals surface area contributed by atoms with Gasteiger partial charge in [-0.1, -0.05) is 29.8 Å². The SMILES string of the molecule is Cc1ccc(CC(O)c2ccc(F)c(F)c2Br)c(Cl)c1. The topological polar surface area (TPSA) is 20.2 Å². The Morgan fingerprint density at radius 1 is 1.25 bits per heavy atom. The molecule has 0 amide bonds. The molecular weight excluding hydrogens is 350 g/mol. The second-order valence-electron chi connectivity index (χ2n) is 4.58. The summed E-state index contributed by atoms with van der Waals surface area (Å²) in [6.45, 7) is 1.91. The largest absolute Gasteiger partial charge is 0.388 e. The van der Waals surface area contributed by atoms with Gasteiger partial charge in [-0.3, -0.25) is 0 Å². The van der Waals surface area contributed by atoms with Gasteiger partial charge in [-0.05, 0) is 51.7 Å². The first-order chi connectivity index (χ1) is 9.40. The maximum atomic E-state index is 13.5. The van der Waals surface area contributed by atoms with Crippen molar-refractivity contribution in [2.75, 3.05) is 0 Å². The lowest BCUT2D eigenvalue weighted by molar-refractivity contribution is 0.177. The lowest BCUT2D eigenvalue weighted by atomic mass is 10.0. The van der Waals surface area contributed by atoms with Crippen molar-refractivity contribution in [3.63, 3.8) is 0 Å². The monoisotopic (exact) mass is 360 g/mol. The average Bonchev–Trinajstić information content (AvgIpc) is 2.39. The molecule has 106 valence electrons. The Morgan fingerprint density at radius 3 is 2.60 bits per heavy atom. The van der Waals surface area contributed by atoms with E-state index in [4.69, 9.17) is 11.6 Å². The lowest BCUT2D eigenvalue weighted by Crippen LogP contribution is -2.05. The summed E-state index contributed by atoms with van der Waals surface area (Å²) < 4.78 is 26.5. The van der Waals surface area contributed by atoms with Crippen LogP contribution in [0, 0.1) is 18.6 Å². The van der Waals surface area contributed by atoms with Crippen LogP contribution in [0.2, 0.25) is 5.02 Å². The zero-order chi connectivity index (χ0) is 14.9. The van der Waals surface area contributed by atoms with E-state index in [2.05, 4.69) is 15.9 Å². The molecule has 0 aromatic heterocycles. The van der Waals surface area contributed by atoms with Crippen LogP contribution in [0.3, 0.4) is 0 Å². The molecule has 0 saturated carbocycles. The normalized spacial score (nSPS) is 12.5. The fourth-order valence-corrected chi connectivity index (χ4v) is 2.83. The maximum Gasteiger partial charge on any atom is 0.173 e. The minimum absolute atomic E-state index is 0.0618. The van der Waals surface area contributed by atoms with Crippen LogP contribution in [0.5, 0.6) is 0 Å². The third kappa shape index (κ3) is 3.19. The Labute approximate surface area is 129 Å². The van der Waals surface area contributed by atoms with E-state index < -0.39 is 17.7 Å². The van der Waals surface area contributed by atoms with Gasteiger partial charge in [0.25, 0.3) is 0 Å². The summed E-state index contributed by atoms with van der Waals surface area (Å²) in [7, 11) is 0. The highest BCUT2D eigenvalue weighted by Crippen LogP contribution is 2.31. The van der Waals surface area contributed by atoms with Gasteiger partial charge in [0, 0.05) is 11.4 Å². The number of halogens is 4. The maximum absolute atomic E-state index is 13.5. The van der Waals surface area contributed by atoms with Gasteiger partial charge in [-0.2, -0.15) is 0 Å². The van der Waals surface area contributed by atoms with Crippen LogP contribution in [-0.4, -0.2) is 5.11 Å². The van der Waals surface area contributed by atoms with E-state index in [0.29, 0.717) is 10.6 Å². The van der Waals surface area contributed by atoms with Gasteiger partial charge in [-0.15, -0.1) is 0 Å². The first kappa shape index (κ1) is 15.4. The van der Waals surface area contributed by atoms with Gasteiger partial charge in [0.2, 0.25) is 0 Å². The van der Waals surface area contributed by atoms with Crippen molar-refractivity contribution in [1.29, 1.82) is 0 Å². The van der Waals surface area contributed by atoms with Crippen LogP contribution in [-0.2, 0) is 6.42 Å². The highest BCUT2D eigenvalue weighted by Gasteiger charge is 2.18. The molecule has 2 aromatic rings. The van der Waals surface area contributed by atoms with Crippen molar-refractivity contribution in [1.82, 2.24) is 0 Å². The molecule has 0 spiro atoms. The molecule has 0 heterocycles. The number of aliphatic hydroxyl groups excluding tert-OH is 1. The third-order valence-electron chi connectivity index (χ3n) is 3.05. The Morgan fingerprint density at radius 2 is 1.95 bits per heavy atom. The van der Waals surface area contributed by atoms with Crippen molar-refractivity contribution in [2.45, 2.75) is 19.4 Å². The van der Waals surface area contributed by atoms with Crippen molar-refractivity contribution >= 4 is 27.5 Å². The van der Waals surface area contributed by atoms with E-state index in [0.717, 1.165) is 17.2 Å². The number of rotatable bonds is 3. The molecule has 2 rings (SSSR count). The molecule has 1 unspecified atom stereocenters. The molecule has 20 heavy (non-hydrogen) atoms. The van der Waals surface area contributed by atoms with Crippen LogP contribution < -0.4 is 0 Å². The van der Waals surface area contributed by atoms with E-state index in [9.17, 15) is 13.9 Å². The summed E-state index contributed by atoms with van der Waals surface area (Å²) in [5.41, 5.74) is 2.06. The van der Waals surface area contributed by atoms with Crippen molar-refractivity contribution in [3.8, 4) is 0 Å². The highest BCUT2D eigenvalue weighted by atomic mass is 79.9. The predicted molar refractivity (Wildman–Crippen MR) is 78.9 cm³/mol. The molecule has 0 radical (unpaired) electrons. The number of benzene rings is 2. The van der Waals surface area contributed by atoms with Gasteiger partial charge in [-0.25, -0.2) is 8.78 Å². The smallest absolute Gasteiger partial charge is 0.173 e. The molecule has 0 aliphatic rings. The van der Waals surface area contributed by atoms with Crippen molar-refractivity contribution in [2.24, 2.45) is 0 Å². The van der Waals surface area contributed by atoms with E-state index in [1.165, 1.54) is 6.07 Å². The van der Waals surface area contributed by atoms with Gasteiger partial charge in [0.05, 0.1) is 10.6 Å². The Kier molecular flexibility index (Phi) is 4.78. The Bertz CT molecular complexity index is 646. The fraction of sp³-hybridized carbons (Fsp3) is 0.200. The summed E-state index contributed by atoms with van der Waals surface area (Å²) >= 11 is 9.07. The lowest BCUT2D eigenvalue weighted by Gasteiger charge is -2.15. The van der Waals surface area contributed by atoms with E-state index in [1.807, 2.05) is 19.1 Å². The van der Waals surface area contributed by atoms with Crippen LogP contribution in [0.15, 0.2) is 34.8 Å². The molecular formula is C15H12BrClF2O. The van der Waals surface area contributed by atoms with Crippen molar-refractivity contribution < 1.29 is 13.9 Å². The molecule has 0 aliphatic heterocycles. The third-order valence-corrected chi connectivity index (χ3v) is 4.20. The summed E-state index contributed by atoms with van der Waals surface area (Å²) in [5, 5.41) is 10.7. The summed E-state index contributed by atoms with van der Waals surface area (Å²) in [5.74, 6) is -1.96. The summed E-state index contributed by atoms with van der Waals surface area (Å²) in [6, 6.07) is 7.84. The van der Waals surface area contributed by atoms with Crippen LogP contribution in [0.1, 0.15) is 22.8 Å². The number of hydrogen-bond acceptors (Lipinski definition) is 1. The van der Waals surface area contributed by atoms with Crippen LogP contribution in [0.25, 0.3) is 0 Å². The van der Waals surface area contributed by atoms with E-state index >= 15 is 0 Å². The Balaban J connectivity index is 2.28. The molecule has 0 saturated heterocycles. The number of hydrogen-bond donors (Lipinski definition) is 1. The Hall–Kier alpha value is -0.970. The standard InChI is InChI=1S/C15H12BrClF2O/c1-8-2-3-9(11(17)6-8)7-13(20)10-4-5-12(18)15(19)14(10)16/h2-6,13,20H,7H2,1H3. The minimum atomic E-state index is -1.00. The molecule has 1 atom stereocenters.